The molecule has 180 valence electrons. The number of aryl methyl sites for hydroxylation is 1. The van der Waals surface area contributed by atoms with Crippen molar-refractivity contribution in [3.8, 4) is 11.5 Å². The molecule has 3 aromatic rings. The number of nitrogens with zero attached hydrogens (tertiary/aromatic N) is 1. The second-order valence-electron chi connectivity index (χ2n) is 7.38. The van der Waals surface area contributed by atoms with Gasteiger partial charge in [0.15, 0.2) is 0 Å². The minimum Gasteiger partial charge on any atom is -0.492 e. The highest BCUT2D eigenvalue weighted by molar-refractivity contribution is 7.92. The summed E-state index contributed by atoms with van der Waals surface area (Å²) in [5, 5.41) is 3.13. The number of sulfonamides is 1. The fraction of sp³-hybridized carbons (Fsp3) is 0.240. The lowest BCUT2D eigenvalue weighted by molar-refractivity contribution is -0.119. The van der Waals surface area contributed by atoms with E-state index in [1.165, 1.54) is 24.3 Å². The largest absolute Gasteiger partial charge is 0.492 e. The van der Waals surface area contributed by atoms with Crippen molar-refractivity contribution in [1.29, 1.82) is 0 Å². The molecule has 0 atom stereocenters. The predicted octanol–water partition coefficient (Wildman–Crippen LogP) is 4.44. The van der Waals surface area contributed by atoms with Crippen molar-refractivity contribution in [2.75, 3.05) is 30.6 Å². The maximum Gasteiger partial charge on any atom is 0.264 e. The summed E-state index contributed by atoms with van der Waals surface area (Å²) in [5.41, 5.74) is 1.34. The van der Waals surface area contributed by atoms with Gasteiger partial charge in [-0.25, -0.2) is 8.42 Å². The Bertz CT molecular complexity index is 1220. The Morgan fingerprint density at radius 2 is 1.74 bits per heavy atom. The van der Waals surface area contributed by atoms with E-state index < -0.39 is 22.5 Å². The molecule has 0 fully saturated rings. The number of ether oxygens (including phenoxy) is 2. The highest BCUT2D eigenvalue weighted by Crippen LogP contribution is 2.32. The Kier molecular flexibility index (Phi) is 8.79. The quantitative estimate of drug-likeness (QED) is 0.392. The zero-order valence-electron chi connectivity index (χ0n) is 19.0. The van der Waals surface area contributed by atoms with E-state index in [1.807, 2.05) is 31.2 Å². The first-order valence-corrected chi connectivity index (χ1v) is 12.6. The maximum absolute atomic E-state index is 13.5. The van der Waals surface area contributed by atoms with E-state index in [1.54, 1.807) is 31.2 Å². The average molecular weight is 503 g/mol. The summed E-state index contributed by atoms with van der Waals surface area (Å²) in [6.45, 7) is 4.14. The van der Waals surface area contributed by atoms with Crippen molar-refractivity contribution in [3.63, 3.8) is 0 Å². The summed E-state index contributed by atoms with van der Waals surface area (Å²) in [4.78, 5) is 12.8. The number of benzene rings is 3. The summed E-state index contributed by atoms with van der Waals surface area (Å²) < 4.78 is 39.3. The molecular weight excluding hydrogens is 476 g/mol. The van der Waals surface area contributed by atoms with Crippen LogP contribution in [0.4, 0.5) is 5.69 Å². The molecule has 3 aromatic carbocycles. The van der Waals surface area contributed by atoms with Gasteiger partial charge in [0.1, 0.15) is 24.7 Å². The molecule has 9 heteroatoms. The maximum atomic E-state index is 13.5. The van der Waals surface area contributed by atoms with Gasteiger partial charge in [0.05, 0.1) is 23.7 Å². The molecule has 1 N–H and O–H groups in total. The Balaban J connectivity index is 1.77. The van der Waals surface area contributed by atoms with Gasteiger partial charge in [-0.05, 0) is 67.9 Å². The number of hydrogen-bond donors (Lipinski definition) is 1. The van der Waals surface area contributed by atoms with E-state index in [0.717, 1.165) is 9.87 Å². The molecule has 1 amide bonds. The van der Waals surface area contributed by atoms with Crippen LogP contribution in [0.15, 0.2) is 77.7 Å². The van der Waals surface area contributed by atoms with Gasteiger partial charge in [-0.3, -0.25) is 9.10 Å². The number of amides is 1. The molecule has 7 nitrogen and oxygen atoms in total. The summed E-state index contributed by atoms with van der Waals surface area (Å²) in [5.74, 6) is 0.585. The van der Waals surface area contributed by atoms with Gasteiger partial charge in [-0.1, -0.05) is 35.9 Å². The van der Waals surface area contributed by atoms with Crippen molar-refractivity contribution >= 4 is 33.2 Å². The Hall–Kier alpha value is -3.23. The molecular formula is C25H27ClN2O5S. The normalized spacial score (nSPS) is 11.0. The number of carbonyl (C=O) groups excluding carboxylic acids is 1. The van der Waals surface area contributed by atoms with Crippen molar-refractivity contribution in [2.24, 2.45) is 0 Å². The molecule has 0 aliphatic heterocycles. The van der Waals surface area contributed by atoms with Crippen LogP contribution in [0.25, 0.3) is 0 Å². The van der Waals surface area contributed by atoms with Gasteiger partial charge < -0.3 is 14.8 Å². The van der Waals surface area contributed by atoms with Crippen molar-refractivity contribution < 1.29 is 22.7 Å². The topological polar surface area (TPSA) is 84.9 Å². The first-order valence-electron chi connectivity index (χ1n) is 10.8. The van der Waals surface area contributed by atoms with Crippen LogP contribution in [0, 0.1) is 6.92 Å². The summed E-state index contributed by atoms with van der Waals surface area (Å²) in [6.07, 6.45) is 0. The second-order valence-corrected chi connectivity index (χ2v) is 9.68. The van der Waals surface area contributed by atoms with Gasteiger partial charge >= 0.3 is 0 Å². The number of nitrogens with one attached hydrogen (secondary N) is 1. The number of rotatable bonds is 11. The molecule has 0 bridgehead atoms. The molecule has 0 aliphatic rings. The van der Waals surface area contributed by atoms with Crippen LogP contribution in [-0.2, 0) is 14.8 Å². The molecule has 0 unspecified atom stereocenters. The van der Waals surface area contributed by atoms with E-state index in [-0.39, 0.29) is 23.7 Å². The van der Waals surface area contributed by atoms with Gasteiger partial charge in [-0.2, -0.15) is 0 Å². The van der Waals surface area contributed by atoms with Gasteiger partial charge in [0.25, 0.3) is 10.0 Å². The molecule has 0 heterocycles. The predicted molar refractivity (Wildman–Crippen MR) is 133 cm³/mol. The van der Waals surface area contributed by atoms with E-state index in [0.29, 0.717) is 23.1 Å². The van der Waals surface area contributed by atoms with E-state index in [2.05, 4.69) is 5.32 Å². The van der Waals surface area contributed by atoms with Crippen LogP contribution in [0.1, 0.15) is 12.5 Å². The smallest absolute Gasteiger partial charge is 0.264 e. The number of halogens is 1. The first kappa shape index (κ1) is 25.4. The fourth-order valence-electron chi connectivity index (χ4n) is 3.22. The Morgan fingerprint density at radius 3 is 2.44 bits per heavy atom. The van der Waals surface area contributed by atoms with Crippen LogP contribution in [0.3, 0.4) is 0 Å². The molecule has 0 spiro atoms. The second kappa shape index (κ2) is 11.8. The number of anilines is 1. The third-order valence-corrected chi connectivity index (χ3v) is 6.83. The van der Waals surface area contributed by atoms with Gasteiger partial charge in [0.2, 0.25) is 5.91 Å². The van der Waals surface area contributed by atoms with Gasteiger partial charge in [0, 0.05) is 5.02 Å². The van der Waals surface area contributed by atoms with Crippen molar-refractivity contribution in [1.82, 2.24) is 5.32 Å². The lowest BCUT2D eigenvalue weighted by atomic mass is 10.2. The van der Waals surface area contributed by atoms with Crippen molar-refractivity contribution in [2.45, 2.75) is 18.7 Å². The van der Waals surface area contributed by atoms with E-state index in [4.69, 9.17) is 21.1 Å². The standard InChI is InChI=1S/C25H27ClN2O5S/c1-3-32-24-10-5-4-9-23(24)28(34(30,31)22-13-11-20(26)12-14-22)18-25(29)27-15-16-33-21-8-6-7-19(2)17-21/h4-14,17H,3,15-16,18H2,1-2H3,(H,27,29). The molecule has 0 saturated heterocycles. The molecule has 0 aliphatic carbocycles. The van der Waals surface area contributed by atoms with Crippen LogP contribution < -0.4 is 19.1 Å². The molecule has 34 heavy (non-hydrogen) atoms. The summed E-state index contributed by atoms with van der Waals surface area (Å²) in [7, 11) is -4.08. The zero-order valence-corrected chi connectivity index (χ0v) is 20.6. The lowest BCUT2D eigenvalue weighted by Gasteiger charge is -2.26. The number of hydrogen-bond acceptors (Lipinski definition) is 5. The number of para-hydroxylation sites is 2. The SMILES string of the molecule is CCOc1ccccc1N(CC(=O)NCCOc1cccc(C)c1)S(=O)(=O)c1ccc(Cl)cc1. The number of carbonyl (C=O) groups is 1. The average Bonchev–Trinajstić information content (AvgIpc) is 2.81. The van der Waals surface area contributed by atoms with Gasteiger partial charge in [-0.15, -0.1) is 0 Å². The fourth-order valence-corrected chi connectivity index (χ4v) is 4.78. The molecule has 3 rings (SSSR count). The summed E-state index contributed by atoms with van der Waals surface area (Å²) >= 11 is 5.93. The minimum atomic E-state index is -4.08. The Labute approximate surface area is 205 Å². The van der Waals surface area contributed by atoms with Crippen LogP contribution in [0.2, 0.25) is 5.02 Å². The molecule has 0 radical (unpaired) electrons. The lowest BCUT2D eigenvalue weighted by Crippen LogP contribution is -2.42. The van der Waals surface area contributed by atoms with E-state index in [9.17, 15) is 13.2 Å². The summed E-state index contributed by atoms with van der Waals surface area (Å²) in [6, 6.07) is 20.1. The highest BCUT2D eigenvalue weighted by Gasteiger charge is 2.29. The molecule has 0 aromatic heterocycles. The first-order chi connectivity index (χ1) is 16.3. The Morgan fingerprint density at radius 1 is 1.00 bits per heavy atom. The third-order valence-electron chi connectivity index (χ3n) is 4.81. The van der Waals surface area contributed by atoms with Crippen LogP contribution in [-0.4, -0.2) is 40.6 Å². The van der Waals surface area contributed by atoms with Crippen LogP contribution in [0.5, 0.6) is 11.5 Å². The monoisotopic (exact) mass is 502 g/mol. The van der Waals surface area contributed by atoms with E-state index >= 15 is 0 Å². The zero-order chi connectivity index (χ0) is 24.6. The minimum absolute atomic E-state index is 0.0128. The van der Waals surface area contributed by atoms with Crippen molar-refractivity contribution in [3.05, 3.63) is 83.4 Å². The third kappa shape index (κ3) is 6.65. The highest BCUT2D eigenvalue weighted by atomic mass is 35.5. The molecule has 0 saturated carbocycles. The van der Waals surface area contributed by atoms with Crippen LogP contribution >= 0.6 is 11.6 Å².